The fourth-order valence-electron chi connectivity index (χ4n) is 8.66. The summed E-state index contributed by atoms with van der Waals surface area (Å²) >= 11 is 1.56. The molecule has 6 atom stereocenters. The van der Waals surface area contributed by atoms with Crippen molar-refractivity contribution in [2.45, 2.75) is 65.7 Å². The number of nitrogens with one attached hydrogen (secondary N) is 1. The number of allylic oxidation sites excluding steroid dienone is 2. The molecule has 6 heteroatoms. The highest BCUT2D eigenvalue weighted by Crippen LogP contribution is 2.66. The maximum absolute atomic E-state index is 13.5. The Balaban J connectivity index is 1.27. The molecule has 34 heavy (non-hydrogen) atoms. The fraction of sp³-hybridized carbons (Fsp3) is 0.607. The molecule has 1 N–H and O–H groups in total. The number of piperidine rings is 1. The minimum atomic E-state index is 0.0342. The van der Waals surface area contributed by atoms with Gasteiger partial charge in [-0.2, -0.15) is 0 Å². The quantitative estimate of drug-likeness (QED) is 0.558. The molecule has 2 amide bonds. The summed E-state index contributed by atoms with van der Waals surface area (Å²) in [5.74, 6) is 2.23. The first-order valence-corrected chi connectivity index (χ1v) is 13.7. The van der Waals surface area contributed by atoms with Gasteiger partial charge in [-0.15, -0.1) is 0 Å². The molecule has 2 saturated carbocycles. The van der Waals surface area contributed by atoms with Gasteiger partial charge in [-0.3, -0.25) is 9.59 Å². The highest BCUT2D eigenvalue weighted by atomic mass is 32.1. The Kier molecular flexibility index (Phi) is 5.01. The number of fused-ring (bicyclic) bond motifs is 6. The van der Waals surface area contributed by atoms with E-state index in [2.05, 4.69) is 37.1 Å². The van der Waals surface area contributed by atoms with Gasteiger partial charge in [0.15, 0.2) is 5.13 Å². The van der Waals surface area contributed by atoms with Gasteiger partial charge < -0.3 is 10.2 Å². The van der Waals surface area contributed by atoms with E-state index in [0.717, 1.165) is 53.9 Å². The van der Waals surface area contributed by atoms with Crippen LogP contribution in [0.5, 0.6) is 0 Å². The van der Waals surface area contributed by atoms with Crippen molar-refractivity contribution in [3.8, 4) is 0 Å². The zero-order chi connectivity index (χ0) is 23.8. The fourth-order valence-corrected chi connectivity index (χ4v) is 9.53. The van der Waals surface area contributed by atoms with Gasteiger partial charge in [0.1, 0.15) is 0 Å². The molecule has 1 aromatic carbocycles. The summed E-state index contributed by atoms with van der Waals surface area (Å²) in [4.78, 5) is 32.7. The van der Waals surface area contributed by atoms with E-state index in [0.29, 0.717) is 24.2 Å². The molecule has 0 bridgehead atoms. The molecule has 5 nitrogen and oxygen atoms in total. The molecule has 1 saturated heterocycles. The van der Waals surface area contributed by atoms with Crippen LogP contribution in [0.25, 0.3) is 10.2 Å². The molecular formula is C28H35N3O2S. The van der Waals surface area contributed by atoms with Crippen molar-refractivity contribution in [2.24, 2.45) is 34.5 Å². The van der Waals surface area contributed by atoms with E-state index in [1.807, 2.05) is 30.1 Å². The maximum Gasteiger partial charge on any atom is 0.229 e. The molecule has 1 aromatic heterocycles. The minimum Gasteiger partial charge on any atom is -0.319 e. The Morgan fingerprint density at radius 3 is 2.74 bits per heavy atom. The summed E-state index contributed by atoms with van der Waals surface area (Å²) in [5.41, 5.74) is 3.76. The van der Waals surface area contributed by atoms with Gasteiger partial charge in [-0.05, 0) is 80.8 Å². The third-order valence-corrected chi connectivity index (χ3v) is 11.1. The van der Waals surface area contributed by atoms with Crippen LogP contribution >= 0.6 is 11.3 Å². The summed E-state index contributed by atoms with van der Waals surface area (Å²) < 4.78 is 1.11. The van der Waals surface area contributed by atoms with Crippen molar-refractivity contribution in [1.29, 1.82) is 0 Å². The van der Waals surface area contributed by atoms with Gasteiger partial charge in [-0.1, -0.05) is 42.9 Å². The van der Waals surface area contributed by atoms with Crippen LogP contribution in [0, 0.1) is 34.5 Å². The summed E-state index contributed by atoms with van der Waals surface area (Å²) in [7, 11) is 1.98. The molecule has 3 aliphatic carbocycles. The second kappa shape index (κ2) is 7.64. The number of anilines is 1. The standard InChI is InChI=1S/C28H35N3O2S/c1-16-15-17-18-9-10-20(25(33)30-26-29-21-7-5-6-8-22(21)34-26)27(18,2)13-11-19(17)28(3)14-12-23(32)31(4)24(16)28/h5-8,17-20H,9-15H2,1-4H3,(H,29,30,33)/t17-,18-,19+,20?,27-,28+/m0/s1. The molecule has 2 heterocycles. The van der Waals surface area contributed by atoms with E-state index in [-0.39, 0.29) is 28.6 Å². The van der Waals surface area contributed by atoms with Crippen molar-refractivity contribution in [3.63, 3.8) is 0 Å². The van der Waals surface area contributed by atoms with E-state index in [4.69, 9.17) is 0 Å². The Hall–Kier alpha value is -2.21. The first-order chi connectivity index (χ1) is 16.2. The van der Waals surface area contributed by atoms with Crippen LogP contribution in [0.3, 0.4) is 0 Å². The van der Waals surface area contributed by atoms with Gasteiger partial charge in [0.05, 0.1) is 10.2 Å². The molecule has 1 unspecified atom stereocenters. The van der Waals surface area contributed by atoms with E-state index in [9.17, 15) is 9.59 Å². The van der Waals surface area contributed by atoms with Crippen molar-refractivity contribution < 1.29 is 9.59 Å². The molecule has 4 aliphatic rings. The Morgan fingerprint density at radius 2 is 1.94 bits per heavy atom. The van der Waals surface area contributed by atoms with Crippen molar-refractivity contribution in [3.05, 3.63) is 35.5 Å². The molecular weight excluding hydrogens is 442 g/mol. The third kappa shape index (κ3) is 3.06. The number of likely N-dealkylation sites (tertiary alicyclic amines) is 1. The number of amides is 2. The van der Waals surface area contributed by atoms with Gasteiger partial charge in [-0.25, -0.2) is 4.98 Å². The predicted molar refractivity (Wildman–Crippen MR) is 136 cm³/mol. The number of carbonyl (C=O) groups excluding carboxylic acids is 2. The summed E-state index contributed by atoms with van der Waals surface area (Å²) in [6.07, 6.45) is 7.03. The molecule has 3 fully saturated rings. The normalized spacial score (nSPS) is 37.4. The van der Waals surface area contributed by atoms with Gasteiger partial charge in [0.2, 0.25) is 11.8 Å². The van der Waals surface area contributed by atoms with E-state index in [1.165, 1.54) is 11.3 Å². The third-order valence-electron chi connectivity index (χ3n) is 10.2. The van der Waals surface area contributed by atoms with Crippen LogP contribution in [-0.2, 0) is 9.59 Å². The summed E-state index contributed by atoms with van der Waals surface area (Å²) in [5, 5.41) is 3.91. The van der Waals surface area contributed by atoms with Crippen molar-refractivity contribution in [1.82, 2.24) is 9.88 Å². The van der Waals surface area contributed by atoms with E-state index in [1.54, 1.807) is 11.3 Å². The van der Waals surface area contributed by atoms with E-state index < -0.39 is 0 Å². The topological polar surface area (TPSA) is 62.3 Å². The average Bonchev–Trinajstić information content (AvgIpc) is 3.36. The van der Waals surface area contributed by atoms with Crippen LogP contribution in [0.2, 0.25) is 0 Å². The molecule has 6 rings (SSSR count). The van der Waals surface area contributed by atoms with Gasteiger partial charge in [0, 0.05) is 30.5 Å². The number of hydrogen-bond donors (Lipinski definition) is 1. The van der Waals surface area contributed by atoms with Crippen LogP contribution < -0.4 is 5.32 Å². The van der Waals surface area contributed by atoms with Crippen molar-refractivity contribution in [2.75, 3.05) is 12.4 Å². The molecule has 0 radical (unpaired) electrons. The number of para-hydroxylation sites is 1. The zero-order valence-electron chi connectivity index (χ0n) is 20.7. The van der Waals surface area contributed by atoms with E-state index >= 15 is 0 Å². The van der Waals surface area contributed by atoms with Gasteiger partial charge in [0.25, 0.3) is 0 Å². The Bertz CT molecular complexity index is 1180. The second-order valence-electron chi connectivity index (χ2n) is 11.7. The largest absolute Gasteiger partial charge is 0.319 e. The summed E-state index contributed by atoms with van der Waals surface area (Å²) in [6.45, 7) is 7.05. The minimum absolute atomic E-state index is 0.0342. The molecule has 180 valence electrons. The monoisotopic (exact) mass is 477 g/mol. The van der Waals surface area contributed by atoms with Crippen molar-refractivity contribution >= 4 is 38.5 Å². The first-order valence-electron chi connectivity index (χ1n) is 12.9. The molecule has 0 spiro atoms. The highest BCUT2D eigenvalue weighted by molar-refractivity contribution is 7.22. The SMILES string of the molecule is CC1=C2N(C)C(=O)CC[C@]2(C)[C@@H]2CC[C@]3(C)C(C(=O)Nc4nc5ccccc5s4)CC[C@H]3[C@@H]2C1. The second-order valence-corrected chi connectivity index (χ2v) is 12.8. The number of carbonyl (C=O) groups is 2. The summed E-state index contributed by atoms with van der Waals surface area (Å²) in [6, 6.07) is 8.06. The zero-order valence-corrected chi connectivity index (χ0v) is 21.5. The Morgan fingerprint density at radius 1 is 1.15 bits per heavy atom. The predicted octanol–water partition coefficient (Wildman–Crippen LogP) is 6.23. The van der Waals surface area contributed by atoms with Crippen LogP contribution in [-0.4, -0.2) is 28.7 Å². The number of benzene rings is 1. The average molecular weight is 478 g/mol. The highest BCUT2D eigenvalue weighted by Gasteiger charge is 2.61. The van der Waals surface area contributed by atoms with Gasteiger partial charge >= 0.3 is 0 Å². The van der Waals surface area contributed by atoms with Crippen LogP contribution in [0.15, 0.2) is 35.5 Å². The Labute approximate surface area is 206 Å². The van der Waals surface area contributed by atoms with Crippen LogP contribution in [0.4, 0.5) is 5.13 Å². The molecule has 1 aliphatic heterocycles. The lowest BCUT2D eigenvalue weighted by Crippen LogP contribution is -2.54. The number of aromatic nitrogens is 1. The lowest BCUT2D eigenvalue weighted by atomic mass is 9.48. The first kappa shape index (κ1) is 22.3. The lowest BCUT2D eigenvalue weighted by Gasteiger charge is -2.59. The smallest absolute Gasteiger partial charge is 0.229 e. The number of nitrogens with zero attached hydrogens (tertiary/aromatic N) is 2. The lowest BCUT2D eigenvalue weighted by molar-refractivity contribution is -0.137. The number of hydrogen-bond acceptors (Lipinski definition) is 4. The molecule has 2 aromatic rings. The number of rotatable bonds is 2. The van der Waals surface area contributed by atoms with Crippen LogP contribution in [0.1, 0.15) is 65.7 Å². The maximum atomic E-state index is 13.5. The number of thiazole rings is 1.